The quantitative estimate of drug-likeness (QED) is 0.504. The minimum Gasteiger partial charge on any atom is -0.355 e. The summed E-state index contributed by atoms with van der Waals surface area (Å²) in [5.74, 6) is 0. The minimum absolute atomic E-state index is 1.04. The Morgan fingerprint density at radius 2 is 1.96 bits per heavy atom. The SMILES string of the molecule is C1=Cc2[nH]c3cccc(-c4cnc5ccccc5c4)c3c2CC1. The summed E-state index contributed by atoms with van der Waals surface area (Å²) >= 11 is 0. The van der Waals surface area contributed by atoms with Crippen LogP contribution in [0.3, 0.4) is 0 Å². The van der Waals surface area contributed by atoms with Gasteiger partial charge in [0.15, 0.2) is 0 Å². The number of pyridine rings is 1. The van der Waals surface area contributed by atoms with Gasteiger partial charge >= 0.3 is 0 Å². The number of aryl methyl sites for hydroxylation is 1. The van der Waals surface area contributed by atoms with Gasteiger partial charge in [0, 0.05) is 33.7 Å². The van der Waals surface area contributed by atoms with Crippen molar-refractivity contribution in [2.75, 3.05) is 0 Å². The fraction of sp³-hybridized carbons (Fsp3) is 0.0952. The highest BCUT2D eigenvalue weighted by Gasteiger charge is 2.16. The molecule has 4 aromatic rings. The molecule has 110 valence electrons. The van der Waals surface area contributed by atoms with E-state index in [9.17, 15) is 0 Å². The van der Waals surface area contributed by atoms with Crippen molar-refractivity contribution in [3.8, 4) is 11.1 Å². The van der Waals surface area contributed by atoms with Crippen molar-refractivity contribution in [3.05, 3.63) is 72.1 Å². The number of benzene rings is 2. The number of para-hydroxylation sites is 1. The lowest BCUT2D eigenvalue weighted by atomic mass is 9.94. The first-order valence-electron chi connectivity index (χ1n) is 8.05. The molecule has 0 spiro atoms. The number of aromatic nitrogens is 2. The van der Waals surface area contributed by atoms with Crippen molar-refractivity contribution in [1.82, 2.24) is 9.97 Å². The van der Waals surface area contributed by atoms with Gasteiger partial charge in [-0.1, -0.05) is 36.4 Å². The lowest BCUT2D eigenvalue weighted by molar-refractivity contribution is 0.992. The molecule has 0 aliphatic heterocycles. The molecule has 1 aliphatic rings. The second-order valence-electron chi connectivity index (χ2n) is 6.10. The van der Waals surface area contributed by atoms with Crippen molar-refractivity contribution in [3.63, 3.8) is 0 Å². The molecule has 2 heterocycles. The number of allylic oxidation sites excluding steroid dienone is 1. The molecule has 0 unspecified atom stereocenters. The molecule has 2 aromatic heterocycles. The maximum Gasteiger partial charge on any atom is 0.0702 e. The van der Waals surface area contributed by atoms with Crippen LogP contribution in [0, 0.1) is 0 Å². The second-order valence-corrected chi connectivity index (χ2v) is 6.10. The Labute approximate surface area is 134 Å². The topological polar surface area (TPSA) is 28.7 Å². The number of rotatable bonds is 1. The molecule has 2 aromatic carbocycles. The first kappa shape index (κ1) is 12.7. The molecular formula is C21H16N2. The maximum absolute atomic E-state index is 4.64. The summed E-state index contributed by atoms with van der Waals surface area (Å²) in [6.07, 6.45) is 8.67. The summed E-state index contributed by atoms with van der Waals surface area (Å²) in [5.41, 5.74) is 7.41. The molecule has 23 heavy (non-hydrogen) atoms. The number of aromatic amines is 1. The van der Waals surface area contributed by atoms with Crippen molar-refractivity contribution >= 4 is 27.9 Å². The van der Waals surface area contributed by atoms with Crippen molar-refractivity contribution in [2.45, 2.75) is 12.8 Å². The zero-order valence-electron chi connectivity index (χ0n) is 12.7. The lowest BCUT2D eigenvalue weighted by Gasteiger charge is -2.09. The van der Waals surface area contributed by atoms with Crippen LogP contribution in [-0.2, 0) is 6.42 Å². The molecule has 0 bridgehead atoms. The first-order chi connectivity index (χ1) is 11.4. The second kappa shape index (κ2) is 4.82. The van der Waals surface area contributed by atoms with Gasteiger partial charge < -0.3 is 4.98 Å². The van der Waals surface area contributed by atoms with Crippen LogP contribution in [0.2, 0.25) is 0 Å². The molecule has 0 fully saturated rings. The molecular weight excluding hydrogens is 280 g/mol. The number of hydrogen-bond acceptors (Lipinski definition) is 1. The highest BCUT2D eigenvalue weighted by atomic mass is 14.7. The standard InChI is InChI=1S/C21H16N2/c1-3-9-18-14(6-1)12-15(13-22-18)16-8-5-11-20-21(16)17-7-2-4-10-19(17)23-20/h1,3-6,8-13,23H,2,7H2. The Hall–Kier alpha value is -2.87. The van der Waals surface area contributed by atoms with Gasteiger partial charge in [0.05, 0.1) is 5.52 Å². The molecule has 1 aliphatic carbocycles. The summed E-state index contributed by atoms with van der Waals surface area (Å²) in [5, 5.41) is 2.54. The highest BCUT2D eigenvalue weighted by Crippen LogP contribution is 2.36. The van der Waals surface area contributed by atoms with Gasteiger partial charge in [0.1, 0.15) is 0 Å². The number of fused-ring (bicyclic) bond motifs is 4. The number of hydrogen-bond donors (Lipinski definition) is 1. The van der Waals surface area contributed by atoms with Crippen LogP contribution in [0.5, 0.6) is 0 Å². The molecule has 0 radical (unpaired) electrons. The van der Waals surface area contributed by atoms with Gasteiger partial charge in [-0.15, -0.1) is 0 Å². The van der Waals surface area contributed by atoms with E-state index in [0.717, 1.165) is 18.4 Å². The van der Waals surface area contributed by atoms with E-state index in [-0.39, 0.29) is 0 Å². The molecule has 1 N–H and O–H groups in total. The van der Waals surface area contributed by atoms with E-state index in [2.05, 4.69) is 64.6 Å². The summed E-state index contributed by atoms with van der Waals surface area (Å²) in [7, 11) is 0. The van der Waals surface area contributed by atoms with Crippen LogP contribution in [0.1, 0.15) is 17.7 Å². The Morgan fingerprint density at radius 3 is 2.96 bits per heavy atom. The maximum atomic E-state index is 4.64. The summed E-state index contributed by atoms with van der Waals surface area (Å²) in [6, 6.07) is 17.0. The van der Waals surface area contributed by atoms with Crippen molar-refractivity contribution in [1.29, 1.82) is 0 Å². The molecule has 0 saturated carbocycles. The van der Waals surface area contributed by atoms with Gasteiger partial charge in [-0.3, -0.25) is 4.98 Å². The Balaban J connectivity index is 1.81. The molecule has 0 saturated heterocycles. The highest BCUT2D eigenvalue weighted by molar-refractivity contribution is 6.01. The van der Waals surface area contributed by atoms with E-state index in [1.54, 1.807) is 0 Å². The van der Waals surface area contributed by atoms with Crippen molar-refractivity contribution < 1.29 is 0 Å². The van der Waals surface area contributed by atoms with Crippen LogP contribution in [0.15, 0.2) is 60.8 Å². The Morgan fingerprint density at radius 1 is 1.00 bits per heavy atom. The third-order valence-corrected chi connectivity index (χ3v) is 4.71. The van der Waals surface area contributed by atoms with Gasteiger partial charge in [-0.25, -0.2) is 0 Å². The molecule has 2 heteroatoms. The third kappa shape index (κ3) is 1.92. The fourth-order valence-electron chi connectivity index (χ4n) is 3.63. The van der Waals surface area contributed by atoms with Gasteiger partial charge in [0.25, 0.3) is 0 Å². The Bertz CT molecular complexity index is 1070. The number of nitrogens with one attached hydrogen (secondary N) is 1. The predicted molar refractivity (Wildman–Crippen MR) is 96.4 cm³/mol. The predicted octanol–water partition coefficient (Wildman–Crippen LogP) is 5.34. The fourth-order valence-corrected chi connectivity index (χ4v) is 3.63. The average molecular weight is 296 g/mol. The van der Waals surface area contributed by atoms with E-state index < -0.39 is 0 Å². The molecule has 0 amide bonds. The van der Waals surface area contributed by atoms with Crippen LogP contribution in [0.4, 0.5) is 0 Å². The first-order valence-corrected chi connectivity index (χ1v) is 8.05. The van der Waals surface area contributed by atoms with Gasteiger partial charge in [-0.2, -0.15) is 0 Å². The van der Waals surface area contributed by atoms with E-state index in [4.69, 9.17) is 0 Å². The van der Waals surface area contributed by atoms with Gasteiger partial charge in [-0.05, 0) is 48.2 Å². The summed E-state index contributed by atoms with van der Waals surface area (Å²) < 4.78 is 0. The van der Waals surface area contributed by atoms with Gasteiger partial charge in [0.2, 0.25) is 0 Å². The largest absolute Gasteiger partial charge is 0.355 e. The van der Waals surface area contributed by atoms with Crippen molar-refractivity contribution in [2.24, 2.45) is 0 Å². The molecule has 0 atom stereocenters. The smallest absolute Gasteiger partial charge is 0.0702 e. The Kier molecular flexibility index (Phi) is 2.65. The normalized spacial score (nSPS) is 13.6. The average Bonchev–Trinajstić information content (AvgIpc) is 3.00. The van der Waals surface area contributed by atoms with E-state index in [1.807, 2.05) is 12.3 Å². The van der Waals surface area contributed by atoms with E-state index >= 15 is 0 Å². The number of H-pyrrole nitrogens is 1. The van der Waals surface area contributed by atoms with Crippen LogP contribution >= 0.6 is 0 Å². The van der Waals surface area contributed by atoms with Crippen LogP contribution in [0.25, 0.3) is 39.0 Å². The van der Waals surface area contributed by atoms with Crippen LogP contribution < -0.4 is 0 Å². The van der Waals surface area contributed by atoms with E-state index in [1.165, 1.54) is 38.7 Å². The molecule has 2 nitrogen and oxygen atoms in total. The summed E-state index contributed by atoms with van der Waals surface area (Å²) in [4.78, 5) is 8.19. The zero-order chi connectivity index (χ0) is 15.2. The molecule has 5 rings (SSSR count). The lowest BCUT2D eigenvalue weighted by Crippen LogP contribution is -1.92. The van der Waals surface area contributed by atoms with Crippen LogP contribution in [-0.4, -0.2) is 9.97 Å². The monoisotopic (exact) mass is 296 g/mol. The summed E-state index contributed by atoms with van der Waals surface area (Å²) in [6.45, 7) is 0. The zero-order valence-corrected chi connectivity index (χ0v) is 12.7. The van der Waals surface area contributed by atoms with E-state index in [0.29, 0.717) is 0 Å². The minimum atomic E-state index is 1.04. The number of nitrogens with zero attached hydrogens (tertiary/aromatic N) is 1. The third-order valence-electron chi connectivity index (χ3n) is 4.71.